The summed E-state index contributed by atoms with van der Waals surface area (Å²) < 4.78 is 36.5. The van der Waals surface area contributed by atoms with Gasteiger partial charge in [0.1, 0.15) is 0 Å². The smallest absolute Gasteiger partial charge is 0.294 e. The first kappa shape index (κ1) is 14.0. The number of hydrogen-bond donors (Lipinski definition) is 0. The highest BCUT2D eigenvalue weighted by Crippen LogP contribution is 2.30. The molecule has 0 amide bonds. The highest BCUT2D eigenvalue weighted by atomic mass is 19.4. The molecule has 1 atom stereocenters. The van der Waals surface area contributed by atoms with E-state index in [4.69, 9.17) is 11.8 Å². The van der Waals surface area contributed by atoms with Gasteiger partial charge in [0.15, 0.2) is 6.07 Å². The van der Waals surface area contributed by atoms with Gasteiger partial charge in [-0.15, -0.1) is 0 Å². The Hall–Kier alpha value is -2.08. The number of hydrogen-bond acceptors (Lipinski definition) is 2. The van der Waals surface area contributed by atoms with E-state index in [0.717, 1.165) is 0 Å². The summed E-state index contributed by atoms with van der Waals surface area (Å²) in [7, 11) is 0. The SMILES string of the molecule is [C-]#[N+]C(C#N)(CCC(F)(F)F)Cc1ccncc1. The molecule has 0 aliphatic carbocycles. The van der Waals surface area contributed by atoms with Crippen molar-refractivity contribution in [3.8, 4) is 6.07 Å². The maximum Gasteiger partial charge on any atom is 0.389 e. The quantitative estimate of drug-likeness (QED) is 0.773. The average Bonchev–Trinajstić information content (AvgIpc) is 2.35. The second-order valence-corrected chi connectivity index (χ2v) is 3.90. The van der Waals surface area contributed by atoms with Crippen molar-refractivity contribution in [3.05, 3.63) is 41.5 Å². The maximum atomic E-state index is 12.2. The third-order valence-electron chi connectivity index (χ3n) is 2.49. The van der Waals surface area contributed by atoms with Gasteiger partial charge in [-0.2, -0.15) is 18.4 Å². The predicted molar refractivity (Wildman–Crippen MR) is 58.2 cm³/mol. The molecule has 1 rings (SSSR count). The van der Waals surface area contributed by atoms with Crippen LogP contribution in [0.4, 0.5) is 13.2 Å². The molecule has 0 radical (unpaired) electrons. The molecule has 0 bridgehead atoms. The van der Waals surface area contributed by atoms with E-state index in [1.807, 2.05) is 0 Å². The number of halogens is 3. The first-order valence-corrected chi connectivity index (χ1v) is 5.16. The summed E-state index contributed by atoms with van der Waals surface area (Å²) in [6.45, 7) is 6.98. The summed E-state index contributed by atoms with van der Waals surface area (Å²) in [6.07, 6.45) is -3.07. The Morgan fingerprint density at radius 1 is 1.28 bits per heavy atom. The lowest BCUT2D eigenvalue weighted by molar-refractivity contribution is -0.136. The van der Waals surface area contributed by atoms with Crippen molar-refractivity contribution in [2.75, 3.05) is 0 Å². The van der Waals surface area contributed by atoms with Crippen molar-refractivity contribution < 1.29 is 13.2 Å². The van der Waals surface area contributed by atoms with Crippen LogP contribution >= 0.6 is 0 Å². The van der Waals surface area contributed by atoms with Crippen LogP contribution in [-0.4, -0.2) is 16.7 Å². The van der Waals surface area contributed by atoms with E-state index in [2.05, 4.69) is 9.83 Å². The fourth-order valence-corrected chi connectivity index (χ4v) is 1.49. The van der Waals surface area contributed by atoms with Crippen molar-refractivity contribution in [2.24, 2.45) is 0 Å². The summed E-state index contributed by atoms with van der Waals surface area (Å²) in [5.41, 5.74) is -1.03. The van der Waals surface area contributed by atoms with Crippen molar-refractivity contribution in [3.63, 3.8) is 0 Å². The number of pyridine rings is 1. The fourth-order valence-electron chi connectivity index (χ4n) is 1.49. The van der Waals surface area contributed by atoms with Gasteiger partial charge in [0, 0.05) is 18.8 Å². The minimum absolute atomic E-state index is 0.0222. The first-order valence-electron chi connectivity index (χ1n) is 5.16. The second kappa shape index (κ2) is 5.50. The molecular weight excluding hydrogens is 243 g/mol. The van der Waals surface area contributed by atoms with Crippen LogP contribution in [0, 0.1) is 17.9 Å². The van der Waals surface area contributed by atoms with E-state index >= 15 is 0 Å². The van der Waals surface area contributed by atoms with Gasteiger partial charge < -0.3 is 0 Å². The molecule has 0 saturated heterocycles. The van der Waals surface area contributed by atoms with E-state index in [-0.39, 0.29) is 6.42 Å². The second-order valence-electron chi connectivity index (χ2n) is 3.90. The minimum atomic E-state index is -4.36. The molecule has 0 aliphatic heterocycles. The van der Waals surface area contributed by atoms with Gasteiger partial charge in [-0.3, -0.25) is 9.83 Å². The number of nitriles is 1. The summed E-state index contributed by atoms with van der Waals surface area (Å²) in [4.78, 5) is 6.88. The van der Waals surface area contributed by atoms with E-state index in [9.17, 15) is 13.2 Å². The van der Waals surface area contributed by atoms with Gasteiger partial charge >= 0.3 is 11.7 Å². The Balaban J connectivity index is 2.83. The van der Waals surface area contributed by atoms with E-state index in [1.54, 1.807) is 18.2 Å². The largest absolute Gasteiger partial charge is 0.389 e. The lowest BCUT2D eigenvalue weighted by Crippen LogP contribution is -2.28. The number of alkyl halides is 3. The number of aromatic nitrogens is 1. The molecule has 0 spiro atoms. The van der Waals surface area contributed by atoms with E-state index in [1.165, 1.54) is 12.4 Å². The molecule has 1 heterocycles. The Kier molecular flexibility index (Phi) is 4.28. The molecule has 1 aromatic rings. The minimum Gasteiger partial charge on any atom is -0.294 e. The number of rotatable bonds is 4. The maximum absolute atomic E-state index is 12.2. The topological polar surface area (TPSA) is 41.0 Å². The normalized spacial score (nSPS) is 14.3. The zero-order valence-electron chi connectivity index (χ0n) is 9.41. The standard InChI is InChI=1S/C12H10F3N3/c1-17-11(9-16,4-5-12(13,14)15)8-10-2-6-18-7-3-10/h2-3,6-7H,4-5,8H2. The van der Waals surface area contributed by atoms with Gasteiger partial charge in [-0.1, -0.05) is 0 Å². The Morgan fingerprint density at radius 3 is 2.33 bits per heavy atom. The molecule has 18 heavy (non-hydrogen) atoms. The van der Waals surface area contributed by atoms with Crippen LogP contribution < -0.4 is 0 Å². The molecule has 0 aromatic carbocycles. The first-order chi connectivity index (χ1) is 8.41. The Labute approximate surface area is 103 Å². The summed E-state index contributed by atoms with van der Waals surface area (Å²) in [5, 5.41) is 8.99. The van der Waals surface area contributed by atoms with Gasteiger partial charge in [-0.05, 0) is 17.7 Å². The zero-order valence-corrected chi connectivity index (χ0v) is 9.41. The van der Waals surface area contributed by atoms with Gasteiger partial charge in [0.25, 0.3) is 0 Å². The van der Waals surface area contributed by atoms with Crippen molar-refractivity contribution in [1.29, 1.82) is 5.26 Å². The lowest BCUT2D eigenvalue weighted by atomic mass is 9.88. The monoisotopic (exact) mass is 253 g/mol. The van der Waals surface area contributed by atoms with Crippen LogP contribution in [0.1, 0.15) is 18.4 Å². The average molecular weight is 253 g/mol. The van der Waals surface area contributed by atoms with Crippen LogP contribution in [0.5, 0.6) is 0 Å². The van der Waals surface area contributed by atoms with Crippen LogP contribution in [0.2, 0.25) is 0 Å². The summed E-state index contributed by atoms with van der Waals surface area (Å²) in [5.74, 6) is 0. The van der Waals surface area contributed by atoms with Gasteiger partial charge in [0.2, 0.25) is 0 Å². The molecule has 3 nitrogen and oxygen atoms in total. The summed E-state index contributed by atoms with van der Waals surface area (Å²) in [6, 6.07) is 4.89. The molecule has 0 saturated carbocycles. The van der Waals surface area contributed by atoms with Crippen LogP contribution in [0.25, 0.3) is 4.85 Å². The molecule has 0 N–H and O–H groups in total. The molecule has 94 valence electrons. The van der Waals surface area contributed by atoms with E-state index < -0.39 is 24.6 Å². The Bertz CT molecular complexity index is 454. The van der Waals surface area contributed by atoms with Crippen molar-refractivity contribution in [2.45, 2.75) is 31.0 Å². The fraction of sp³-hybridized carbons (Fsp3) is 0.417. The van der Waals surface area contributed by atoms with Crippen LogP contribution in [0.3, 0.4) is 0 Å². The zero-order chi connectivity index (χ0) is 13.6. The predicted octanol–water partition coefficient (Wildman–Crippen LogP) is 3.15. The molecular formula is C12H10F3N3. The molecule has 0 fully saturated rings. The van der Waals surface area contributed by atoms with E-state index in [0.29, 0.717) is 5.56 Å². The van der Waals surface area contributed by atoms with Gasteiger partial charge in [-0.25, -0.2) is 6.57 Å². The van der Waals surface area contributed by atoms with Crippen molar-refractivity contribution >= 4 is 0 Å². The molecule has 1 aromatic heterocycles. The highest BCUT2D eigenvalue weighted by Gasteiger charge is 2.41. The van der Waals surface area contributed by atoms with Crippen LogP contribution in [-0.2, 0) is 6.42 Å². The number of nitrogens with zero attached hydrogens (tertiary/aromatic N) is 3. The molecule has 0 aliphatic rings. The van der Waals surface area contributed by atoms with Crippen molar-refractivity contribution in [1.82, 2.24) is 4.98 Å². The molecule has 6 heteroatoms. The third-order valence-corrected chi connectivity index (χ3v) is 2.49. The molecule has 1 unspecified atom stereocenters. The highest BCUT2D eigenvalue weighted by molar-refractivity contribution is 5.24. The van der Waals surface area contributed by atoms with Crippen LogP contribution in [0.15, 0.2) is 24.5 Å². The van der Waals surface area contributed by atoms with Gasteiger partial charge in [0.05, 0.1) is 12.8 Å². The third kappa shape index (κ3) is 4.06. The summed E-state index contributed by atoms with van der Waals surface area (Å²) >= 11 is 0. The lowest BCUT2D eigenvalue weighted by Gasteiger charge is -2.15. The Morgan fingerprint density at radius 2 is 1.89 bits per heavy atom.